The van der Waals surface area contributed by atoms with E-state index in [0.29, 0.717) is 12.8 Å². The van der Waals surface area contributed by atoms with Gasteiger partial charge in [0, 0.05) is 19.2 Å². The Morgan fingerprint density at radius 3 is 2.57 bits per heavy atom. The van der Waals surface area contributed by atoms with Crippen molar-refractivity contribution in [3.05, 3.63) is 24.0 Å². The van der Waals surface area contributed by atoms with Crippen molar-refractivity contribution in [2.75, 3.05) is 26.8 Å². The van der Waals surface area contributed by atoms with Gasteiger partial charge in [-0.15, -0.1) is 0 Å². The molecule has 7 nitrogen and oxygen atoms in total. The van der Waals surface area contributed by atoms with E-state index in [-0.39, 0.29) is 24.9 Å². The summed E-state index contributed by atoms with van der Waals surface area (Å²) in [7, 11) is -2.58. The summed E-state index contributed by atoms with van der Waals surface area (Å²) >= 11 is 0. The molecule has 0 amide bonds. The highest BCUT2D eigenvalue weighted by atomic mass is 32.2. The van der Waals surface area contributed by atoms with Crippen molar-refractivity contribution in [2.24, 2.45) is 0 Å². The molecule has 1 fully saturated rings. The zero-order chi connectivity index (χ0) is 17.0. The summed E-state index contributed by atoms with van der Waals surface area (Å²) in [6, 6.07) is 3.59. The van der Waals surface area contributed by atoms with Crippen molar-refractivity contribution >= 4 is 16.0 Å². The number of rotatable bonds is 6. The summed E-state index contributed by atoms with van der Waals surface area (Å²) in [5.41, 5.74) is 0. The van der Waals surface area contributed by atoms with Crippen molar-refractivity contribution in [3.8, 4) is 5.75 Å². The summed E-state index contributed by atoms with van der Waals surface area (Å²) in [5.74, 6) is -1.70. The van der Waals surface area contributed by atoms with Crippen LogP contribution >= 0.6 is 0 Å². The number of carboxylic acids is 1. The van der Waals surface area contributed by atoms with Crippen molar-refractivity contribution in [3.63, 3.8) is 0 Å². The topological polar surface area (TPSA) is 93.1 Å². The Morgan fingerprint density at radius 2 is 2.04 bits per heavy atom. The zero-order valence-corrected chi connectivity index (χ0v) is 13.4. The third-order valence-corrected chi connectivity index (χ3v) is 5.53. The Bertz CT molecular complexity index is 670. The summed E-state index contributed by atoms with van der Waals surface area (Å²) < 4.78 is 50.2. The van der Waals surface area contributed by atoms with Gasteiger partial charge in [-0.05, 0) is 25.0 Å². The summed E-state index contributed by atoms with van der Waals surface area (Å²) in [5, 5.41) is 8.56. The number of carboxylic acid groups (broad SMARTS) is 1. The van der Waals surface area contributed by atoms with Crippen LogP contribution < -0.4 is 4.74 Å². The first-order valence-corrected chi connectivity index (χ1v) is 8.45. The molecule has 0 aromatic heterocycles. The average molecular weight is 347 g/mol. The minimum absolute atomic E-state index is 0.151. The number of halogens is 1. The van der Waals surface area contributed by atoms with Gasteiger partial charge in [0.05, 0.1) is 13.2 Å². The first-order chi connectivity index (χ1) is 10.8. The number of benzene rings is 1. The number of hydrogen-bond donors (Lipinski definition) is 1. The highest BCUT2D eigenvalue weighted by Crippen LogP contribution is 2.26. The summed E-state index contributed by atoms with van der Waals surface area (Å²) in [6.45, 7) is -0.110. The van der Waals surface area contributed by atoms with Crippen molar-refractivity contribution in [1.29, 1.82) is 0 Å². The zero-order valence-electron chi connectivity index (χ0n) is 12.6. The molecule has 23 heavy (non-hydrogen) atoms. The molecule has 1 aromatic rings. The molecule has 1 aromatic carbocycles. The number of sulfonamides is 1. The van der Waals surface area contributed by atoms with E-state index < -0.39 is 33.3 Å². The number of piperidine rings is 1. The van der Waals surface area contributed by atoms with Crippen molar-refractivity contribution in [1.82, 2.24) is 4.31 Å². The van der Waals surface area contributed by atoms with Gasteiger partial charge in [-0.3, -0.25) is 0 Å². The van der Waals surface area contributed by atoms with E-state index in [2.05, 4.69) is 0 Å². The lowest BCUT2D eigenvalue weighted by atomic mass is 10.1. The molecule has 0 bridgehead atoms. The molecule has 0 atom stereocenters. The van der Waals surface area contributed by atoms with Gasteiger partial charge in [0.1, 0.15) is 23.1 Å². The number of hydrogen-bond acceptors (Lipinski definition) is 5. The van der Waals surface area contributed by atoms with Crippen LogP contribution in [0.1, 0.15) is 12.8 Å². The first kappa shape index (κ1) is 17.6. The van der Waals surface area contributed by atoms with Crippen molar-refractivity contribution in [2.45, 2.75) is 23.8 Å². The van der Waals surface area contributed by atoms with E-state index in [1.807, 2.05) is 0 Å². The second-order valence-electron chi connectivity index (χ2n) is 5.10. The van der Waals surface area contributed by atoms with Crippen LogP contribution in [0.2, 0.25) is 0 Å². The van der Waals surface area contributed by atoms with Crippen LogP contribution in [0, 0.1) is 5.82 Å². The lowest BCUT2D eigenvalue weighted by Gasteiger charge is -2.30. The van der Waals surface area contributed by atoms with Crippen LogP contribution in [0.3, 0.4) is 0 Å². The number of ether oxygens (including phenoxy) is 2. The fourth-order valence-electron chi connectivity index (χ4n) is 2.39. The Balaban J connectivity index is 2.06. The van der Waals surface area contributed by atoms with Crippen LogP contribution in [-0.2, 0) is 19.6 Å². The third kappa shape index (κ3) is 4.18. The van der Waals surface area contributed by atoms with Gasteiger partial charge in [-0.1, -0.05) is 0 Å². The van der Waals surface area contributed by atoms with E-state index in [1.54, 1.807) is 0 Å². The lowest BCUT2D eigenvalue weighted by molar-refractivity contribution is -0.145. The van der Waals surface area contributed by atoms with Gasteiger partial charge in [-0.25, -0.2) is 17.6 Å². The molecule has 128 valence electrons. The van der Waals surface area contributed by atoms with Crippen LogP contribution in [-0.4, -0.2) is 56.7 Å². The maximum atomic E-state index is 14.0. The molecule has 0 unspecified atom stereocenters. The normalized spacial score (nSPS) is 17.1. The predicted octanol–water partition coefficient (Wildman–Crippen LogP) is 1.09. The summed E-state index contributed by atoms with van der Waals surface area (Å²) in [6.07, 6.45) is 0.424. The molecular weight excluding hydrogens is 329 g/mol. The van der Waals surface area contributed by atoms with Gasteiger partial charge in [-0.2, -0.15) is 4.31 Å². The maximum Gasteiger partial charge on any atom is 0.329 e. The first-order valence-electron chi connectivity index (χ1n) is 7.01. The van der Waals surface area contributed by atoms with E-state index in [0.717, 1.165) is 6.07 Å². The number of carbonyl (C=O) groups is 1. The van der Waals surface area contributed by atoms with E-state index in [4.69, 9.17) is 14.6 Å². The Kier molecular flexibility index (Phi) is 5.55. The molecule has 9 heteroatoms. The Morgan fingerprint density at radius 1 is 1.39 bits per heavy atom. The van der Waals surface area contributed by atoms with Gasteiger partial charge in [0.15, 0.2) is 0 Å². The fraction of sp³-hybridized carbons (Fsp3) is 0.500. The minimum Gasteiger partial charge on any atom is -0.497 e. The number of methoxy groups -OCH3 is 1. The molecule has 0 spiro atoms. The molecule has 0 radical (unpaired) electrons. The van der Waals surface area contributed by atoms with Gasteiger partial charge in [0.25, 0.3) is 0 Å². The van der Waals surface area contributed by atoms with E-state index >= 15 is 0 Å². The minimum atomic E-state index is -3.94. The van der Waals surface area contributed by atoms with E-state index in [9.17, 15) is 17.6 Å². The molecule has 1 aliphatic heterocycles. The monoisotopic (exact) mass is 347 g/mol. The van der Waals surface area contributed by atoms with Crippen LogP contribution in [0.4, 0.5) is 4.39 Å². The largest absolute Gasteiger partial charge is 0.497 e. The fourth-order valence-corrected chi connectivity index (χ4v) is 3.90. The summed E-state index contributed by atoms with van der Waals surface area (Å²) in [4.78, 5) is 10.1. The van der Waals surface area contributed by atoms with Crippen LogP contribution in [0.25, 0.3) is 0 Å². The smallest absolute Gasteiger partial charge is 0.329 e. The van der Waals surface area contributed by atoms with Gasteiger partial charge < -0.3 is 14.6 Å². The molecule has 1 N–H and O–H groups in total. The van der Waals surface area contributed by atoms with Crippen LogP contribution in [0.15, 0.2) is 23.1 Å². The van der Waals surface area contributed by atoms with E-state index in [1.165, 1.54) is 23.5 Å². The van der Waals surface area contributed by atoms with Crippen molar-refractivity contribution < 1.29 is 32.2 Å². The Labute approximate surface area is 133 Å². The Hall–Kier alpha value is -1.71. The quantitative estimate of drug-likeness (QED) is 0.828. The second-order valence-corrected chi connectivity index (χ2v) is 7.01. The highest BCUT2D eigenvalue weighted by molar-refractivity contribution is 7.89. The molecular formula is C14H18FNO6S. The third-order valence-electron chi connectivity index (χ3n) is 3.60. The lowest BCUT2D eigenvalue weighted by Crippen LogP contribution is -2.41. The predicted molar refractivity (Wildman–Crippen MR) is 78.3 cm³/mol. The molecule has 1 aliphatic rings. The highest BCUT2D eigenvalue weighted by Gasteiger charge is 2.31. The molecule has 1 saturated heterocycles. The average Bonchev–Trinajstić information content (AvgIpc) is 2.52. The molecule has 0 saturated carbocycles. The van der Waals surface area contributed by atoms with Gasteiger partial charge in [0.2, 0.25) is 10.0 Å². The number of nitrogens with zero attached hydrogens (tertiary/aromatic N) is 1. The standard InChI is InChI=1S/C14H18FNO6S/c1-21-11-2-3-13(12(15)8-11)23(19,20)16-6-4-10(5-7-16)22-9-14(17)18/h2-3,8,10H,4-7,9H2,1H3,(H,17,18). The van der Waals surface area contributed by atoms with Gasteiger partial charge >= 0.3 is 5.97 Å². The number of aliphatic carboxylic acids is 1. The maximum absolute atomic E-state index is 14.0. The van der Waals surface area contributed by atoms with Crippen LogP contribution in [0.5, 0.6) is 5.75 Å². The SMILES string of the molecule is COc1ccc(S(=O)(=O)N2CCC(OCC(=O)O)CC2)c(F)c1. The molecule has 2 rings (SSSR count). The molecule has 0 aliphatic carbocycles. The second kappa shape index (κ2) is 7.24. The molecule has 1 heterocycles.